The van der Waals surface area contributed by atoms with Crippen LogP contribution >= 0.6 is 0 Å². The first kappa shape index (κ1) is 15.7. The van der Waals surface area contributed by atoms with Gasteiger partial charge in [0.25, 0.3) is 0 Å². The molecular formula is C15H29N3O2. The minimum Gasteiger partial charge on any atom is -0.383 e. The first-order valence-corrected chi connectivity index (χ1v) is 7.93. The molecule has 0 radical (unpaired) electrons. The van der Waals surface area contributed by atoms with E-state index in [1.165, 1.54) is 0 Å². The quantitative estimate of drug-likeness (QED) is 0.806. The minimum atomic E-state index is 0.174. The van der Waals surface area contributed by atoms with Crippen LogP contribution < -0.4 is 5.73 Å². The van der Waals surface area contributed by atoms with E-state index in [9.17, 15) is 4.79 Å². The number of carbonyl (C=O) groups is 1. The molecule has 1 saturated heterocycles. The van der Waals surface area contributed by atoms with Crippen molar-refractivity contribution in [3.8, 4) is 0 Å². The summed E-state index contributed by atoms with van der Waals surface area (Å²) >= 11 is 0. The molecule has 1 saturated carbocycles. The van der Waals surface area contributed by atoms with E-state index in [2.05, 4.69) is 16.7 Å². The number of piperazine rings is 1. The van der Waals surface area contributed by atoms with Crippen molar-refractivity contribution in [1.29, 1.82) is 0 Å². The number of carbonyl (C=O) groups excluding carboxylic acids is 1. The number of amides is 1. The van der Waals surface area contributed by atoms with Crippen LogP contribution in [0.15, 0.2) is 0 Å². The molecule has 2 rings (SSSR count). The Morgan fingerprint density at radius 1 is 1.35 bits per heavy atom. The molecule has 0 aromatic rings. The summed E-state index contributed by atoms with van der Waals surface area (Å²) in [6.07, 6.45) is 3.93. The molecule has 1 heterocycles. The Kier molecular flexibility index (Phi) is 5.81. The molecule has 0 bridgehead atoms. The average Bonchev–Trinajstić information content (AvgIpc) is 2.90. The van der Waals surface area contributed by atoms with Gasteiger partial charge in [-0.3, -0.25) is 9.69 Å². The molecule has 1 aliphatic carbocycles. The largest absolute Gasteiger partial charge is 0.383 e. The van der Waals surface area contributed by atoms with Gasteiger partial charge in [-0.1, -0.05) is 6.92 Å². The molecule has 1 aliphatic heterocycles. The van der Waals surface area contributed by atoms with Gasteiger partial charge in [-0.05, 0) is 25.7 Å². The molecule has 5 nitrogen and oxygen atoms in total. The third kappa shape index (κ3) is 3.71. The standard InChI is InChI=1S/C15H29N3O2/c1-3-14-11-18(7-6-17(14)8-9-20-2)15(19)12-4-5-13(16)10-12/h12-14H,3-11,16H2,1-2H3. The van der Waals surface area contributed by atoms with Gasteiger partial charge >= 0.3 is 0 Å². The van der Waals surface area contributed by atoms with E-state index in [0.717, 1.165) is 58.5 Å². The van der Waals surface area contributed by atoms with Gasteiger partial charge in [0.15, 0.2) is 0 Å². The fraction of sp³-hybridized carbons (Fsp3) is 0.933. The second-order valence-corrected chi connectivity index (χ2v) is 6.15. The SMILES string of the molecule is CCC1CN(C(=O)C2CCC(N)C2)CCN1CCOC. The van der Waals surface area contributed by atoms with Gasteiger partial charge in [0.2, 0.25) is 5.91 Å². The number of hydrogen-bond donors (Lipinski definition) is 1. The topological polar surface area (TPSA) is 58.8 Å². The Balaban J connectivity index is 1.87. The second-order valence-electron chi connectivity index (χ2n) is 6.15. The van der Waals surface area contributed by atoms with Gasteiger partial charge in [-0.2, -0.15) is 0 Å². The molecule has 2 aliphatic rings. The predicted octanol–water partition coefficient (Wildman–Crippen LogP) is 0.683. The summed E-state index contributed by atoms with van der Waals surface area (Å²) in [4.78, 5) is 17.1. The van der Waals surface area contributed by atoms with Crippen molar-refractivity contribution in [2.75, 3.05) is 39.9 Å². The third-order valence-electron chi connectivity index (χ3n) is 4.79. The third-order valence-corrected chi connectivity index (χ3v) is 4.79. The Bertz CT molecular complexity index is 324. The van der Waals surface area contributed by atoms with Crippen molar-refractivity contribution in [2.45, 2.75) is 44.7 Å². The van der Waals surface area contributed by atoms with Gasteiger partial charge in [0, 0.05) is 51.3 Å². The lowest BCUT2D eigenvalue weighted by Gasteiger charge is -2.42. The fourth-order valence-corrected chi connectivity index (χ4v) is 3.48. The molecule has 0 aromatic heterocycles. The summed E-state index contributed by atoms with van der Waals surface area (Å²) in [6, 6.07) is 0.701. The molecule has 2 fully saturated rings. The maximum absolute atomic E-state index is 12.6. The Hall–Kier alpha value is -0.650. The highest BCUT2D eigenvalue weighted by Crippen LogP contribution is 2.27. The Morgan fingerprint density at radius 3 is 2.75 bits per heavy atom. The molecule has 0 spiro atoms. The van der Waals surface area contributed by atoms with E-state index in [0.29, 0.717) is 11.9 Å². The lowest BCUT2D eigenvalue weighted by molar-refractivity contribution is -0.138. The van der Waals surface area contributed by atoms with Gasteiger partial charge in [-0.15, -0.1) is 0 Å². The van der Waals surface area contributed by atoms with Gasteiger partial charge in [0.05, 0.1) is 6.61 Å². The van der Waals surface area contributed by atoms with Crippen LogP contribution in [0.1, 0.15) is 32.6 Å². The van der Waals surface area contributed by atoms with Crippen molar-refractivity contribution in [3.05, 3.63) is 0 Å². The van der Waals surface area contributed by atoms with Gasteiger partial charge in [0.1, 0.15) is 0 Å². The van der Waals surface area contributed by atoms with E-state index in [1.54, 1.807) is 7.11 Å². The summed E-state index contributed by atoms with van der Waals surface area (Å²) in [7, 11) is 1.74. The normalized spacial score (nSPS) is 31.8. The number of ether oxygens (including phenoxy) is 1. The lowest BCUT2D eigenvalue weighted by atomic mass is 10.0. The fourth-order valence-electron chi connectivity index (χ4n) is 3.48. The smallest absolute Gasteiger partial charge is 0.225 e. The number of methoxy groups -OCH3 is 1. The molecule has 3 unspecified atom stereocenters. The van der Waals surface area contributed by atoms with E-state index in [1.807, 2.05) is 0 Å². The van der Waals surface area contributed by atoms with Crippen LogP contribution in [0.5, 0.6) is 0 Å². The highest BCUT2D eigenvalue weighted by molar-refractivity contribution is 5.79. The van der Waals surface area contributed by atoms with Crippen LogP contribution in [0.2, 0.25) is 0 Å². The molecule has 116 valence electrons. The molecule has 20 heavy (non-hydrogen) atoms. The summed E-state index contributed by atoms with van der Waals surface area (Å²) < 4.78 is 5.17. The first-order valence-electron chi connectivity index (χ1n) is 7.93. The predicted molar refractivity (Wildman–Crippen MR) is 79.4 cm³/mol. The minimum absolute atomic E-state index is 0.174. The number of nitrogens with two attached hydrogens (primary N) is 1. The van der Waals surface area contributed by atoms with Crippen molar-refractivity contribution in [1.82, 2.24) is 9.80 Å². The molecular weight excluding hydrogens is 254 g/mol. The van der Waals surface area contributed by atoms with E-state index < -0.39 is 0 Å². The van der Waals surface area contributed by atoms with Crippen LogP contribution in [0.4, 0.5) is 0 Å². The zero-order valence-electron chi connectivity index (χ0n) is 12.9. The van der Waals surface area contributed by atoms with Gasteiger partial charge in [-0.25, -0.2) is 0 Å². The van der Waals surface area contributed by atoms with Crippen LogP contribution in [0.25, 0.3) is 0 Å². The highest BCUT2D eigenvalue weighted by Gasteiger charge is 2.34. The summed E-state index contributed by atoms with van der Waals surface area (Å²) in [5.74, 6) is 0.510. The number of rotatable bonds is 5. The first-order chi connectivity index (χ1) is 9.65. The van der Waals surface area contributed by atoms with E-state index >= 15 is 0 Å². The maximum Gasteiger partial charge on any atom is 0.225 e. The van der Waals surface area contributed by atoms with E-state index in [-0.39, 0.29) is 12.0 Å². The van der Waals surface area contributed by atoms with Crippen LogP contribution in [-0.4, -0.2) is 67.7 Å². The summed E-state index contributed by atoms with van der Waals surface area (Å²) in [5.41, 5.74) is 5.93. The van der Waals surface area contributed by atoms with Crippen molar-refractivity contribution in [2.24, 2.45) is 11.7 Å². The summed E-state index contributed by atoms with van der Waals surface area (Å²) in [5, 5.41) is 0. The zero-order valence-corrected chi connectivity index (χ0v) is 12.9. The molecule has 1 amide bonds. The van der Waals surface area contributed by atoms with Crippen molar-refractivity contribution >= 4 is 5.91 Å². The number of hydrogen-bond acceptors (Lipinski definition) is 4. The Labute approximate surface area is 122 Å². The molecule has 5 heteroatoms. The van der Waals surface area contributed by atoms with Crippen LogP contribution in [0.3, 0.4) is 0 Å². The van der Waals surface area contributed by atoms with E-state index in [4.69, 9.17) is 10.5 Å². The summed E-state index contributed by atoms with van der Waals surface area (Å²) in [6.45, 7) is 6.61. The number of nitrogens with zero attached hydrogens (tertiary/aromatic N) is 2. The van der Waals surface area contributed by atoms with Crippen molar-refractivity contribution < 1.29 is 9.53 Å². The zero-order chi connectivity index (χ0) is 14.5. The van der Waals surface area contributed by atoms with Gasteiger partial charge < -0.3 is 15.4 Å². The second kappa shape index (κ2) is 7.38. The molecule has 0 aromatic carbocycles. The molecule has 3 atom stereocenters. The van der Waals surface area contributed by atoms with Crippen molar-refractivity contribution in [3.63, 3.8) is 0 Å². The highest BCUT2D eigenvalue weighted by atomic mass is 16.5. The maximum atomic E-state index is 12.6. The van der Waals surface area contributed by atoms with Crippen LogP contribution in [-0.2, 0) is 9.53 Å². The average molecular weight is 283 g/mol. The van der Waals surface area contributed by atoms with Crippen LogP contribution in [0, 0.1) is 5.92 Å². The molecule has 2 N–H and O–H groups in total. The lowest BCUT2D eigenvalue weighted by Crippen LogP contribution is -2.56. The monoisotopic (exact) mass is 283 g/mol. The Morgan fingerprint density at radius 2 is 2.15 bits per heavy atom.